The van der Waals surface area contributed by atoms with Crippen LogP contribution >= 0.6 is 11.3 Å². The summed E-state index contributed by atoms with van der Waals surface area (Å²) in [5.74, 6) is -0.620. The van der Waals surface area contributed by atoms with Crippen LogP contribution in [0.2, 0.25) is 0 Å². The molecule has 2 heterocycles. The van der Waals surface area contributed by atoms with Crippen LogP contribution in [-0.4, -0.2) is 28.5 Å². The third-order valence-electron chi connectivity index (χ3n) is 6.61. The van der Waals surface area contributed by atoms with E-state index in [9.17, 15) is 9.59 Å². The Labute approximate surface area is 212 Å². The lowest BCUT2D eigenvalue weighted by Crippen LogP contribution is -2.23. The standard InChI is InChI=1S/C29H23N3O3S/c33-26(32-29-31-24-12-6-7-13-25(24)36-29)17-35-28(34)27-20-10-4-5-11-22(20)30-23-15-14-19(16-21(23)27)18-8-2-1-3-9-18/h1-13,19H,14-17H2,(H,31,32,33). The van der Waals surface area contributed by atoms with E-state index in [-0.39, 0.29) is 6.61 Å². The molecule has 0 spiro atoms. The Balaban J connectivity index is 1.25. The first-order chi connectivity index (χ1) is 17.7. The van der Waals surface area contributed by atoms with Crippen molar-refractivity contribution in [1.82, 2.24) is 9.97 Å². The third kappa shape index (κ3) is 4.33. The highest BCUT2D eigenvalue weighted by Gasteiger charge is 2.28. The Hall–Kier alpha value is -4.10. The molecule has 1 amide bonds. The van der Waals surface area contributed by atoms with Gasteiger partial charge in [0, 0.05) is 11.1 Å². The van der Waals surface area contributed by atoms with Crippen LogP contribution in [0.25, 0.3) is 21.1 Å². The number of anilines is 1. The highest BCUT2D eigenvalue weighted by molar-refractivity contribution is 7.22. The minimum atomic E-state index is -0.502. The first kappa shape index (κ1) is 22.4. The molecule has 6 nitrogen and oxygen atoms in total. The van der Waals surface area contributed by atoms with Crippen LogP contribution < -0.4 is 5.32 Å². The molecule has 0 radical (unpaired) electrons. The Morgan fingerprint density at radius 3 is 2.50 bits per heavy atom. The first-order valence-electron chi connectivity index (χ1n) is 11.9. The van der Waals surface area contributed by atoms with E-state index >= 15 is 0 Å². The molecular formula is C29H23N3O3S. The molecule has 6 rings (SSSR count). The van der Waals surface area contributed by atoms with Gasteiger partial charge in [-0.1, -0.05) is 72.0 Å². The van der Waals surface area contributed by atoms with Gasteiger partial charge in [-0.25, -0.2) is 9.78 Å². The molecule has 5 aromatic rings. The largest absolute Gasteiger partial charge is 0.452 e. The molecule has 1 atom stereocenters. The Morgan fingerprint density at radius 1 is 0.917 bits per heavy atom. The third-order valence-corrected chi connectivity index (χ3v) is 7.56. The smallest absolute Gasteiger partial charge is 0.339 e. The fraction of sp³-hybridized carbons (Fsp3) is 0.172. The normalized spacial score (nSPS) is 14.9. The summed E-state index contributed by atoms with van der Waals surface area (Å²) in [5.41, 5.74) is 5.21. The van der Waals surface area contributed by atoms with Crippen LogP contribution in [0.15, 0.2) is 78.9 Å². The van der Waals surface area contributed by atoms with Gasteiger partial charge in [-0.05, 0) is 54.5 Å². The number of carbonyl (C=O) groups is 2. The predicted octanol–water partition coefficient (Wildman–Crippen LogP) is 5.91. The molecule has 0 aliphatic heterocycles. The molecule has 178 valence electrons. The molecule has 3 aromatic carbocycles. The van der Waals surface area contributed by atoms with Crippen LogP contribution in [0.3, 0.4) is 0 Å². The highest BCUT2D eigenvalue weighted by atomic mass is 32.1. The van der Waals surface area contributed by atoms with E-state index in [4.69, 9.17) is 9.72 Å². The summed E-state index contributed by atoms with van der Waals surface area (Å²) in [6, 6.07) is 25.6. The van der Waals surface area contributed by atoms with Crippen molar-refractivity contribution in [2.75, 3.05) is 11.9 Å². The molecule has 2 aromatic heterocycles. The van der Waals surface area contributed by atoms with E-state index in [0.717, 1.165) is 45.2 Å². The average molecular weight is 494 g/mol. The summed E-state index contributed by atoms with van der Waals surface area (Å²) in [4.78, 5) is 35.3. The van der Waals surface area contributed by atoms with Crippen molar-refractivity contribution in [3.05, 3.63) is 101 Å². The molecule has 1 N–H and O–H groups in total. The quantitative estimate of drug-likeness (QED) is 0.308. The Morgan fingerprint density at radius 2 is 1.67 bits per heavy atom. The Bertz CT molecular complexity index is 1560. The summed E-state index contributed by atoms with van der Waals surface area (Å²) in [7, 11) is 0. The fourth-order valence-electron chi connectivity index (χ4n) is 4.92. The van der Waals surface area contributed by atoms with Crippen LogP contribution in [0.1, 0.15) is 39.5 Å². The number of hydrogen-bond donors (Lipinski definition) is 1. The number of hydrogen-bond acceptors (Lipinski definition) is 6. The zero-order valence-corrected chi connectivity index (χ0v) is 20.3. The first-order valence-corrected chi connectivity index (χ1v) is 12.8. The number of carbonyl (C=O) groups excluding carboxylic acids is 2. The molecule has 1 aliphatic rings. The number of thiazole rings is 1. The minimum Gasteiger partial charge on any atom is -0.452 e. The number of aromatic nitrogens is 2. The molecule has 0 saturated carbocycles. The van der Waals surface area contributed by atoms with Gasteiger partial charge < -0.3 is 4.74 Å². The van der Waals surface area contributed by atoms with Gasteiger partial charge in [-0.2, -0.15) is 0 Å². The molecule has 1 aliphatic carbocycles. The predicted molar refractivity (Wildman–Crippen MR) is 141 cm³/mol. The van der Waals surface area contributed by atoms with Crippen LogP contribution in [-0.2, 0) is 22.4 Å². The number of pyridine rings is 1. The van der Waals surface area contributed by atoms with Crippen molar-refractivity contribution < 1.29 is 14.3 Å². The number of rotatable bonds is 5. The second-order valence-corrected chi connectivity index (χ2v) is 9.92. The van der Waals surface area contributed by atoms with Gasteiger partial charge in [0.15, 0.2) is 11.7 Å². The molecule has 1 unspecified atom stereocenters. The molecule has 0 saturated heterocycles. The second kappa shape index (κ2) is 9.51. The van der Waals surface area contributed by atoms with Crippen LogP contribution in [0.4, 0.5) is 5.13 Å². The number of ether oxygens (including phenoxy) is 1. The lowest BCUT2D eigenvalue weighted by Gasteiger charge is -2.26. The number of amides is 1. The van der Waals surface area contributed by atoms with Gasteiger partial charge in [0.1, 0.15) is 0 Å². The summed E-state index contributed by atoms with van der Waals surface area (Å²) < 4.78 is 6.53. The fourth-order valence-corrected chi connectivity index (χ4v) is 5.80. The zero-order chi connectivity index (χ0) is 24.5. The summed E-state index contributed by atoms with van der Waals surface area (Å²) in [6.07, 6.45) is 2.47. The topological polar surface area (TPSA) is 81.2 Å². The van der Waals surface area contributed by atoms with E-state index in [1.165, 1.54) is 16.9 Å². The van der Waals surface area contributed by atoms with E-state index in [0.29, 0.717) is 23.0 Å². The van der Waals surface area contributed by atoms with E-state index in [1.54, 1.807) is 0 Å². The van der Waals surface area contributed by atoms with Crippen molar-refractivity contribution in [3.8, 4) is 0 Å². The minimum absolute atomic E-state index is 0.301. The van der Waals surface area contributed by atoms with Crippen molar-refractivity contribution in [1.29, 1.82) is 0 Å². The lowest BCUT2D eigenvalue weighted by molar-refractivity contribution is -0.119. The van der Waals surface area contributed by atoms with E-state index in [1.807, 2.05) is 66.7 Å². The van der Waals surface area contributed by atoms with Crippen LogP contribution in [0.5, 0.6) is 0 Å². The van der Waals surface area contributed by atoms with Gasteiger partial charge in [0.2, 0.25) is 0 Å². The molecule has 7 heteroatoms. The molecule has 0 fully saturated rings. The number of nitrogens with zero attached hydrogens (tertiary/aromatic N) is 2. The highest BCUT2D eigenvalue weighted by Crippen LogP contribution is 2.36. The van der Waals surface area contributed by atoms with E-state index < -0.39 is 11.9 Å². The molecular weight excluding hydrogens is 470 g/mol. The summed E-state index contributed by atoms with van der Waals surface area (Å²) in [6.45, 7) is -0.387. The summed E-state index contributed by atoms with van der Waals surface area (Å²) >= 11 is 1.38. The average Bonchev–Trinajstić information content (AvgIpc) is 3.33. The number of benzene rings is 3. The summed E-state index contributed by atoms with van der Waals surface area (Å²) in [5, 5.41) is 3.98. The van der Waals surface area contributed by atoms with E-state index in [2.05, 4.69) is 22.4 Å². The lowest BCUT2D eigenvalue weighted by atomic mass is 9.80. The SMILES string of the molecule is O=C(COC(=O)c1c2c(nc3ccccc13)CCC(c1ccccc1)C2)Nc1nc2ccccc2s1. The van der Waals surface area contributed by atoms with Gasteiger partial charge in [0.25, 0.3) is 5.91 Å². The van der Waals surface area contributed by atoms with Crippen LogP contribution in [0, 0.1) is 0 Å². The number of para-hydroxylation sites is 2. The number of nitrogens with one attached hydrogen (secondary N) is 1. The monoisotopic (exact) mass is 493 g/mol. The number of esters is 1. The van der Waals surface area contributed by atoms with Gasteiger partial charge in [-0.3, -0.25) is 15.1 Å². The maximum absolute atomic E-state index is 13.4. The number of aryl methyl sites for hydroxylation is 1. The van der Waals surface area contributed by atoms with Gasteiger partial charge >= 0.3 is 5.97 Å². The zero-order valence-electron chi connectivity index (χ0n) is 19.4. The number of fused-ring (bicyclic) bond motifs is 3. The molecule has 36 heavy (non-hydrogen) atoms. The van der Waals surface area contributed by atoms with Crippen molar-refractivity contribution >= 4 is 49.5 Å². The van der Waals surface area contributed by atoms with Crippen molar-refractivity contribution in [2.24, 2.45) is 0 Å². The van der Waals surface area contributed by atoms with Gasteiger partial charge in [-0.15, -0.1) is 0 Å². The molecule has 0 bridgehead atoms. The Kier molecular flexibility index (Phi) is 5.91. The second-order valence-electron chi connectivity index (χ2n) is 8.89. The maximum atomic E-state index is 13.4. The van der Waals surface area contributed by atoms with Crippen molar-refractivity contribution in [2.45, 2.75) is 25.2 Å². The maximum Gasteiger partial charge on any atom is 0.339 e. The van der Waals surface area contributed by atoms with Gasteiger partial charge in [0.05, 0.1) is 21.3 Å². The van der Waals surface area contributed by atoms with Crippen molar-refractivity contribution in [3.63, 3.8) is 0 Å².